The number of halogens is 2. The van der Waals surface area contributed by atoms with Gasteiger partial charge in [-0.1, -0.05) is 24.3 Å². The van der Waals surface area contributed by atoms with Gasteiger partial charge in [-0.15, -0.1) is 0 Å². The van der Waals surface area contributed by atoms with E-state index in [2.05, 4.69) is 9.88 Å². The third kappa shape index (κ3) is 3.78. The van der Waals surface area contributed by atoms with E-state index in [0.717, 1.165) is 41.8 Å². The van der Waals surface area contributed by atoms with Crippen molar-refractivity contribution in [2.75, 3.05) is 26.2 Å². The maximum absolute atomic E-state index is 14.0. The van der Waals surface area contributed by atoms with E-state index >= 15 is 0 Å². The summed E-state index contributed by atoms with van der Waals surface area (Å²) in [7, 11) is 0. The van der Waals surface area contributed by atoms with Gasteiger partial charge >= 0.3 is 0 Å². The van der Waals surface area contributed by atoms with Crippen LogP contribution in [0.2, 0.25) is 0 Å². The highest BCUT2D eigenvalue weighted by Gasteiger charge is 2.23. The number of aromatic nitrogens is 1. The molecule has 1 aromatic heterocycles. The zero-order chi connectivity index (χ0) is 19.7. The number of aryl methyl sites for hydroxylation is 1. The van der Waals surface area contributed by atoms with Gasteiger partial charge in [0.05, 0.1) is 11.9 Å². The Hall–Kier alpha value is -2.73. The quantitative estimate of drug-likeness (QED) is 0.747. The lowest BCUT2D eigenvalue weighted by Gasteiger charge is -2.35. The van der Waals surface area contributed by atoms with Crippen LogP contribution in [0.3, 0.4) is 0 Å². The third-order valence-electron chi connectivity index (χ3n) is 5.48. The molecule has 0 atom stereocenters. The van der Waals surface area contributed by atoms with Crippen molar-refractivity contribution in [3.05, 3.63) is 70.9 Å². The van der Waals surface area contributed by atoms with E-state index in [-0.39, 0.29) is 24.0 Å². The zero-order valence-electron chi connectivity index (χ0n) is 15.8. The van der Waals surface area contributed by atoms with Crippen LogP contribution in [-0.2, 0) is 17.8 Å². The second-order valence-corrected chi connectivity index (χ2v) is 7.35. The number of hydrogen-bond acceptors (Lipinski definition) is 2. The molecule has 2 aromatic carbocycles. The predicted molar refractivity (Wildman–Crippen MR) is 105 cm³/mol. The van der Waals surface area contributed by atoms with Gasteiger partial charge in [-0.2, -0.15) is 0 Å². The summed E-state index contributed by atoms with van der Waals surface area (Å²) in [5, 5.41) is 0.779. The van der Waals surface area contributed by atoms with E-state index < -0.39 is 0 Å². The predicted octanol–water partition coefficient (Wildman–Crippen LogP) is 3.64. The van der Waals surface area contributed by atoms with E-state index in [1.54, 1.807) is 18.2 Å². The highest BCUT2D eigenvalue weighted by Crippen LogP contribution is 2.25. The molecule has 1 fully saturated rings. The number of carbonyl (C=O) groups excluding carboxylic acids is 1. The molecule has 4 rings (SSSR count). The van der Waals surface area contributed by atoms with Gasteiger partial charge in [0.2, 0.25) is 5.91 Å². The summed E-state index contributed by atoms with van der Waals surface area (Å²) >= 11 is 0. The van der Waals surface area contributed by atoms with Gasteiger partial charge in [-0.25, -0.2) is 8.78 Å². The monoisotopic (exact) mass is 383 g/mol. The summed E-state index contributed by atoms with van der Waals surface area (Å²) in [6.45, 7) is 5.52. The summed E-state index contributed by atoms with van der Waals surface area (Å²) in [5.41, 5.74) is 3.24. The molecule has 0 radical (unpaired) electrons. The average Bonchev–Trinajstić information content (AvgIpc) is 3.01. The molecule has 1 saturated heterocycles. The lowest BCUT2D eigenvalue weighted by Crippen LogP contribution is -2.48. The molecule has 6 heteroatoms. The first-order valence-electron chi connectivity index (χ1n) is 9.51. The fraction of sp³-hybridized carbons (Fsp3) is 0.318. The zero-order valence-corrected chi connectivity index (χ0v) is 15.8. The summed E-state index contributed by atoms with van der Waals surface area (Å²) in [5.74, 6) is -0.463. The van der Waals surface area contributed by atoms with Gasteiger partial charge in [0.25, 0.3) is 0 Å². The Balaban J connectivity index is 1.37. The number of carbonyl (C=O) groups is 1. The molecule has 146 valence electrons. The van der Waals surface area contributed by atoms with Crippen LogP contribution in [0, 0.1) is 18.6 Å². The standard InChI is InChI=1S/C22H23F2N3O/c1-15-19(18-3-2-4-20(24)22(18)25-15)13-21(28)27-11-9-26(10-12-27)14-16-5-7-17(23)8-6-16/h2-8,25H,9-14H2,1H3. The first-order valence-corrected chi connectivity index (χ1v) is 9.51. The molecule has 2 heterocycles. The average molecular weight is 383 g/mol. The molecule has 1 amide bonds. The molecule has 0 bridgehead atoms. The number of amides is 1. The van der Waals surface area contributed by atoms with Gasteiger partial charge in [0.1, 0.15) is 11.6 Å². The minimum absolute atomic E-state index is 0.0645. The molecule has 1 aliphatic heterocycles. The number of hydrogen-bond donors (Lipinski definition) is 1. The smallest absolute Gasteiger partial charge is 0.227 e. The Bertz CT molecular complexity index is 989. The van der Waals surface area contributed by atoms with Crippen molar-refractivity contribution in [1.82, 2.24) is 14.8 Å². The Labute approximate surface area is 162 Å². The first kappa shape index (κ1) is 18.6. The number of fused-ring (bicyclic) bond motifs is 1. The fourth-order valence-electron chi connectivity index (χ4n) is 3.86. The Kier molecular flexibility index (Phi) is 5.13. The van der Waals surface area contributed by atoms with E-state index in [4.69, 9.17) is 0 Å². The largest absolute Gasteiger partial charge is 0.356 e. The van der Waals surface area contributed by atoms with E-state index in [1.807, 2.05) is 17.9 Å². The van der Waals surface area contributed by atoms with Crippen LogP contribution in [0.5, 0.6) is 0 Å². The molecule has 1 aliphatic rings. The summed E-state index contributed by atoms with van der Waals surface area (Å²) in [4.78, 5) is 20.0. The van der Waals surface area contributed by atoms with Crippen molar-refractivity contribution in [1.29, 1.82) is 0 Å². The number of benzene rings is 2. The van der Waals surface area contributed by atoms with Crippen molar-refractivity contribution in [2.45, 2.75) is 19.9 Å². The number of H-pyrrole nitrogens is 1. The normalized spacial score (nSPS) is 15.3. The van der Waals surface area contributed by atoms with Crippen molar-refractivity contribution >= 4 is 16.8 Å². The number of nitrogens with zero attached hydrogens (tertiary/aromatic N) is 2. The lowest BCUT2D eigenvalue weighted by molar-refractivity contribution is -0.132. The number of nitrogens with one attached hydrogen (secondary N) is 1. The SMILES string of the molecule is Cc1[nH]c2c(F)cccc2c1CC(=O)N1CCN(Cc2ccc(F)cc2)CC1. The van der Waals surface area contributed by atoms with Crippen LogP contribution < -0.4 is 0 Å². The molecular formula is C22H23F2N3O. The van der Waals surface area contributed by atoms with Gasteiger partial charge in [-0.3, -0.25) is 9.69 Å². The van der Waals surface area contributed by atoms with Crippen LogP contribution in [0.1, 0.15) is 16.8 Å². The molecule has 3 aromatic rings. The van der Waals surface area contributed by atoms with Crippen LogP contribution in [0.25, 0.3) is 10.9 Å². The number of para-hydroxylation sites is 1. The van der Waals surface area contributed by atoms with Gasteiger partial charge < -0.3 is 9.88 Å². The number of rotatable bonds is 4. The summed E-state index contributed by atoms with van der Waals surface area (Å²) < 4.78 is 27.0. The third-order valence-corrected chi connectivity index (χ3v) is 5.48. The lowest BCUT2D eigenvalue weighted by atomic mass is 10.1. The maximum atomic E-state index is 14.0. The Morgan fingerprint density at radius 3 is 2.46 bits per heavy atom. The number of piperazine rings is 1. The highest BCUT2D eigenvalue weighted by atomic mass is 19.1. The molecule has 4 nitrogen and oxygen atoms in total. The maximum Gasteiger partial charge on any atom is 0.227 e. The van der Waals surface area contributed by atoms with Crippen molar-refractivity contribution in [3.63, 3.8) is 0 Å². The topological polar surface area (TPSA) is 39.3 Å². The molecule has 1 N–H and O–H groups in total. The molecule has 0 spiro atoms. The van der Waals surface area contributed by atoms with Crippen LogP contribution in [-0.4, -0.2) is 46.9 Å². The van der Waals surface area contributed by atoms with Crippen LogP contribution in [0.4, 0.5) is 8.78 Å². The second-order valence-electron chi connectivity index (χ2n) is 7.35. The summed E-state index contributed by atoms with van der Waals surface area (Å²) in [6.07, 6.45) is 0.271. The molecule has 0 saturated carbocycles. The van der Waals surface area contributed by atoms with E-state index in [9.17, 15) is 13.6 Å². The summed E-state index contributed by atoms with van der Waals surface area (Å²) in [6, 6.07) is 11.5. The van der Waals surface area contributed by atoms with Crippen molar-refractivity contribution < 1.29 is 13.6 Å². The Morgan fingerprint density at radius 1 is 1.04 bits per heavy atom. The van der Waals surface area contributed by atoms with Crippen molar-refractivity contribution in [3.8, 4) is 0 Å². The fourth-order valence-corrected chi connectivity index (χ4v) is 3.86. The van der Waals surface area contributed by atoms with Crippen LogP contribution in [0.15, 0.2) is 42.5 Å². The van der Waals surface area contributed by atoms with Gasteiger partial charge in [0.15, 0.2) is 0 Å². The minimum Gasteiger partial charge on any atom is -0.356 e. The van der Waals surface area contributed by atoms with Crippen LogP contribution >= 0.6 is 0 Å². The minimum atomic E-state index is -0.297. The molecule has 0 unspecified atom stereocenters. The molecule has 0 aliphatic carbocycles. The van der Waals surface area contributed by atoms with E-state index in [0.29, 0.717) is 18.6 Å². The van der Waals surface area contributed by atoms with Gasteiger partial charge in [-0.05, 0) is 36.2 Å². The molecule has 28 heavy (non-hydrogen) atoms. The first-order chi connectivity index (χ1) is 13.5. The van der Waals surface area contributed by atoms with Gasteiger partial charge in [0, 0.05) is 43.8 Å². The highest BCUT2D eigenvalue weighted by molar-refractivity contribution is 5.90. The molecular weight excluding hydrogens is 360 g/mol. The van der Waals surface area contributed by atoms with E-state index in [1.165, 1.54) is 18.2 Å². The Morgan fingerprint density at radius 2 is 1.75 bits per heavy atom. The number of aromatic amines is 1. The second kappa shape index (κ2) is 7.72. The van der Waals surface area contributed by atoms with Crippen molar-refractivity contribution in [2.24, 2.45) is 0 Å².